The summed E-state index contributed by atoms with van der Waals surface area (Å²) in [5.41, 5.74) is 2.15. The number of methoxy groups -OCH3 is 1. The van der Waals surface area contributed by atoms with Gasteiger partial charge < -0.3 is 19.3 Å². The lowest BCUT2D eigenvalue weighted by Gasteiger charge is -2.23. The molecule has 1 N–H and O–H groups in total. The number of benzene rings is 3. The van der Waals surface area contributed by atoms with Crippen LogP contribution in [0.5, 0.6) is 11.5 Å². The van der Waals surface area contributed by atoms with Crippen LogP contribution in [0.3, 0.4) is 0 Å². The molecule has 1 amide bonds. The Kier molecular flexibility index (Phi) is 8.35. The topological polar surface area (TPSA) is 115 Å². The highest BCUT2D eigenvalue weighted by atomic mass is 32.1. The molecule has 10 heteroatoms. The van der Waals surface area contributed by atoms with Crippen molar-refractivity contribution in [2.45, 2.75) is 26.5 Å². The van der Waals surface area contributed by atoms with Crippen LogP contribution in [0.4, 0.5) is 5.13 Å². The molecule has 4 aromatic rings. The van der Waals surface area contributed by atoms with E-state index >= 15 is 0 Å². The molecule has 0 saturated carbocycles. The van der Waals surface area contributed by atoms with Crippen LogP contribution in [-0.2, 0) is 20.9 Å². The molecule has 9 nitrogen and oxygen atoms in total. The summed E-state index contributed by atoms with van der Waals surface area (Å²) >= 11 is 0.942. The average Bonchev–Trinajstić information content (AvgIpc) is 3.52. The molecule has 1 fully saturated rings. The van der Waals surface area contributed by atoms with Crippen molar-refractivity contribution in [1.82, 2.24) is 4.98 Å². The Hall–Kier alpha value is -4.96. The molecule has 2 heterocycles. The van der Waals surface area contributed by atoms with Gasteiger partial charge in [0.05, 0.1) is 31.0 Å². The van der Waals surface area contributed by atoms with E-state index in [2.05, 4.69) is 4.98 Å². The zero-order valence-corrected chi connectivity index (χ0v) is 24.0. The van der Waals surface area contributed by atoms with E-state index in [1.54, 1.807) is 55.5 Å². The van der Waals surface area contributed by atoms with Crippen LogP contribution in [0.2, 0.25) is 0 Å². The maximum absolute atomic E-state index is 13.5. The van der Waals surface area contributed by atoms with E-state index < -0.39 is 23.7 Å². The van der Waals surface area contributed by atoms with Gasteiger partial charge in [-0.05, 0) is 61.4 Å². The van der Waals surface area contributed by atoms with Crippen molar-refractivity contribution in [2.24, 2.45) is 0 Å². The van der Waals surface area contributed by atoms with Crippen LogP contribution >= 0.6 is 11.3 Å². The third-order valence-corrected chi connectivity index (χ3v) is 7.83. The molecular weight excluding hydrogens is 556 g/mol. The number of carbonyl (C=O) groups is 3. The number of aromatic nitrogens is 1. The number of aryl methyl sites for hydroxylation is 1. The van der Waals surface area contributed by atoms with Gasteiger partial charge in [-0.15, -0.1) is 0 Å². The van der Waals surface area contributed by atoms with Crippen LogP contribution < -0.4 is 14.4 Å². The highest BCUT2D eigenvalue weighted by molar-refractivity contribution is 7.17. The number of carbonyl (C=O) groups excluding carboxylic acids is 3. The third-order valence-electron chi connectivity index (χ3n) is 6.69. The van der Waals surface area contributed by atoms with Gasteiger partial charge in [-0.3, -0.25) is 14.5 Å². The number of amides is 1. The normalized spacial score (nSPS) is 16.0. The first-order chi connectivity index (χ1) is 20.3. The number of nitrogens with zero attached hydrogens (tertiary/aromatic N) is 2. The van der Waals surface area contributed by atoms with E-state index in [0.717, 1.165) is 16.9 Å². The Morgan fingerprint density at radius 1 is 0.952 bits per heavy atom. The second kappa shape index (κ2) is 12.3. The maximum atomic E-state index is 13.5. The summed E-state index contributed by atoms with van der Waals surface area (Å²) in [7, 11) is 1.26. The Labute approximate surface area is 246 Å². The number of thiazole rings is 1. The summed E-state index contributed by atoms with van der Waals surface area (Å²) in [5, 5.41) is 11.6. The Morgan fingerprint density at radius 2 is 1.60 bits per heavy atom. The molecule has 1 aromatic heterocycles. The third kappa shape index (κ3) is 5.61. The molecule has 1 unspecified atom stereocenters. The summed E-state index contributed by atoms with van der Waals surface area (Å²) in [6.07, 6.45) is 0. The number of rotatable bonds is 9. The average molecular weight is 585 g/mol. The maximum Gasteiger partial charge on any atom is 0.350 e. The minimum Gasteiger partial charge on any atom is -0.507 e. The SMILES string of the molecule is CCOc1ccc(C2/C(=C(\O)c3ccc(OCc4ccccc4)cc3)C(=O)C(=O)N2c2nc(C)c(C(=O)OC)s2)cc1. The number of aliphatic hydroxyl groups excluding tert-OH is 1. The Bertz CT molecular complexity index is 1640. The smallest absolute Gasteiger partial charge is 0.350 e. The number of hydrogen-bond acceptors (Lipinski definition) is 9. The molecule has 1 atom stereocenters. The van der Waals surface area contributed by atoms with E-state index in [0.29, 0.717) is 41.5 Å². The van der Waals surface area contributed by atoms with Crippen LogP contribution in [0.25, 0.3) is 5.76 Å². The number of Topliss-reactive ketones (excluding diaryl/α,β-unsaturated/α-hetero) is 1. The van der Waals surface area contributed by atoms with Gasteiger partial charge in [-0.1, -0.05) is 53.8 Å². The van der Waals surface area contributed by atoms with Crippen LogP contribution in [0.15, 0.2) is 84.4 Å². The first-order valence-electron chi connectivity index (χ1n) is 13.2. The second-order valence-corrected chi connectivity index (χ2v) is 10.3. The van der Waals surface area contributed by atoms with Gasteiger partial charge in [0.25, 0.3) is 5.78 Å². The van der Waals surface area contributed by atoms with E-state index in [1.807, 2.05) is 37.3 Å². The van der Waals surface area contributed by atoms with Gasteiger partial charge in [-0.2, -0.15) is 0 Å². The Balaban J connectivity index is 1.54. The molecule has 0 radical (unpaired) electrons. The number of esters is 1. The quantitative estimate of drug-likeness (QED) is 0.113. The van der Waals surface area contributed by atoms with Gasteiger partial charge >= 0.3 is 11.9 Å². The van der Waals surface area contributed by atoms with E-state index in [4.69, 9.17) is 14.2 Å². The zero-order valence-electron chi connectivity index (χ0n) is 23.2. The molecular formula is C32H28N2O7S. The first-order valence-corrected chi connectivity index (χ1v) is 14.0. The van der Waals surface area contributed by atoms with Crippen molar-refractivity contribution in [1.29, 1.82) is 0 Å². The minimum atomic E-state index is -1.01. The number of ketones is 1. The second-order valence-electron chi connectivity index (χ2n) is 9.37. The molecule has 0 aliphatic carbocycles. The van der Waals surface area contributed by atoms with Crippen molar-refractivity contribution in [3.05, 3.63) is 112 Å². The van der Waals surface area contributed by atoms with Crippen LogP contribution in [0, 0.1) is 6.92 Å². The lowest BCUT2D eigenvalue weighted by atomic mass is 9.95. The standard InChI is InChI=1S/C32H28N2O7S/c1-4-40-23-14-10-21(11-15-23)26-25(28(36)30(37)34(26)32-33-19(2)29(42-32)31(38)39-3)27(35)22-12-16-24(17-13-22)41-18-20-8-6-5-7-9-20/h5-17,26,35H,4,18H2,1-3H3/b27-25+. The molecule has 0 spiro atoms. The number of aliphatic hydroxyl groups is 1. The number of hydrogen-bond donors (Lipinski definition) is 1. The van der Waals surface area contributed by atoms with Gasteiger partial charge in [0.15, 0.2) is 5.13 Å². The highest BCUT2D eigenvalue weighted by Crippen LogP contribution is 2.44. The molecule has 5 rings (SSSR count). The van der Waals surface area contributed by atoms with Crippen molar-refractivity contribution in [3.63, 3.8) is 0 Å². The fourth-order valence-corrected chi connectivity index (χ4v) is 5.64. The molecule has 214 valence electrons. The van der Waals surface area contributed by atoms with Crippen molar-refractivity contribution >= 4 is 39.9 Å². The predicted molar refractivity (Wildman–Crippen MR) is 158 cm³/mol. The van der Waals surface area contributed by atoms with Crippen molar-refractivity contribution < 1.29 is 33.7 Å². The fourth-order valence-electron chi connectivity index (χ4n) is 4.63. The Morgan fingerprint density at radius 3 is 2.24 bits per heavy atom. The monoisotopic (exact) mass is 584 g/mol. The van der Waals surface area contributed by atoms with E-state index in [9.17, 15) is 19.5 Å². The van der Waals surface area contributed by atoms with E-state index in [1.165, 1.54) is 12.0 Å². The van der Waals surface area contributed by atoms with Gasteiger partial charge in [0.2, 0.25) is 0 Å². The molecule has 1 aliphatic rings. The summed E-state index contributed by atoms with van der Waals surface area (Å²) < 4.78 is 16.2. The van der Waals surface area contributed by atoms with Gasteiger partial charge in [-0.25, -0.2) is 9.78 Å². The largest absolute Gasteiger partial charge is 0.507 e. The lowest BCUT2D eigenvalue weighted by Crippen LogP contribution is -2.29. The lowest BCUT2D eigenvalue weighted by molar-refractivity contribution is -0.132. The number of ether oxygens (including phenoxy) is 3. The highest BCUT2D eigenvalue weighted by Gasteiger charge is 2.48. The number of anilines is 1. The van der Waals surface area contributed by atoms with Crippen molar-refractivity contribution in [3.8, 4) is 11.5 Å². The summed E-state index contributed by atoms with van der Waals surface area (Å²) in [6, 6.07) is 22.2. The molecule has 0 bridgehead atoms. The molecule has 1 aliphatic heterocycles. The molecule has 3 aromatic carbocycles. The molecule has 1 saturated heterocycles. The van der Waals surface area contributed by atoms with Gasteiger partial charge in [0.1, 0.15) is 28.7 Å². The predicted octanol–water partition coefficient (Wildman–Crippen LogP) is 5.84. The fraction of sp³-hybridized carbons (Fsp3) is 0.188. The molecule has 42 heavy (non-hydrogen) atoms. The van der Waals surface area contributed by atoms with Crippen LogP contribution in [-0.4, -0.2) is 41.5 Å². The van der Waals surface area contributed by atoms with Gasteiger partial charge in [0, 0.05) is 5.56 Å². The first kappa shape index (κ1) is 28.6. The van der Waals surface area contributed by atoms with Crippen LogP contribution in [0.1, 0.15) is 45.0 Å². The summed E-state index contributed by atoms with van der Waals surface area (Å²) in [6.45, 7) is 4.33. The summed E-state index contributed by atoms with van der Waals surface area (Å²) in [5.74, 6) is -1.49. The van der Waals surface area contributed by atoms with Crippen molar-refractivity contribution in [2.75, 3.05) is 18.6 Å². The zero-order chi connectivity index (χ0) is 29.8. The minimum absolute atomic E-state index is 0.102. The van der Waals surface area contributed by atoms with E-state index in [-0.39, 0.29) is 21.3 Å². The summed E-state index contributed by atoms with van der Waals surface area (Å²) in [4.78, 5) is 45.1.